The smallest absolute Gasteiger partial charge is 0.408 e. The zero-order valence-corrected chi connectivity index (χ0v) is 16.8. The molecular weight excluding hydrogens is 350 g/mol. The van der Waals surface area contributed by atoms with Crippen molar-refractivity contribution in [3.05, 3.63) is 45.2 Å². The number of ketones is 1. The van der Waals surface area contributed by atoms with Crippen molar-refractivity contribution in [1.29, 1.82) is 0 Å². The zero-order valence-electron chi connectivity index (χ0n) is 16.0. The lowest BCUT2D eigenvalue weighted by Gasteiger charge is -2.33. The molecule has 0 unspecified atom stereocenters. The van der Waals surface area contributed by atoms with E-state index in [1.807, 2.05) is 63.6 Å². The topological polar surface area (TPSA) is 74.9 Å². The highest BCUT2D eigenvalue weighted by Gasteiger charge is 2.25. The summed E-state index contributed by atoms with van der Waals surface area (Å²) >= 11 is 1.37. The Balaban J connectivity index is 2.29. The van der Waals surface area contributed by atoms with E-state index in [1.54, 1.807) is 6.92 Å². The van der Waals surface area contributed by atoms with Crippen LogP contribution in [0.25, 0.3) is 0 Å². The second-order valence-corrected chi connectivity index (χ2v) is 8.21. The van der Waals surface area contributed by atoms with Crippen molar-refractivity contribution in [1.82, 2.24) is 9.47 Å². The molecule has 0 atom stereocenters. The molecule has 2 aromatic rings. The fraction of sp³-hybridized carbons (Fsp3) is 0.421. The molecule has 0 aliphatic rings. The number of amides is 1. The highest BCUT2D eigenvalue weighted by molar-refractivity contribution is 7.11. The Morgan fingerprint density at radius 2 is 1.81 bits per heavy atom. The first kappa shape index (κ1) is 19.9. The van der Waals surface area contributed by atoms with Gasteiger partial charge in [-0.1, -0.05) is 23.5 Å². The van der Waals surface area contributed by atoms with Gasteiger partial charge in [0.15, 0.2) is 10.6 Å². The third kappa shape index (κ3) is 4.40. The Morgan fingerprint density at radius 1 is 1.23 bits per heavy atom. The minimum absolute atomic E-state index is 0.0378. The third-order valence-corrected chi connectivity index (χ3v) is 5.51. The fourth-order valence-corrected chi connectivity index (χ4v) is 3.55. The lowest BCUT2D eigenvalue weighted by molar-refractivity contribution is 0.0954. The Bertz CT molecular complexity index is 886. The summed E-state index contributed by atoms with van der Waals surface area (Å²) < 4.78 is 1.90. The van der Waals surface area contributed by atoms with Crippen molar-refractivity contribution < 1.29 is 14.7 Å². The lowest BCUT2D eigenvalue weighted by atomic mass is 10.1. The van der Waals surface area contributed by atoms with Gasteiger partial charge in [-0.3, -0.25) is 9.69 Å². The van der Waals surface area contributed by atoms with Gasteiger partial charge in [0.25, 0.3) is 0 Å². The zero-order chi connectivity index (χ0) is 19.6. The number of carbonyl (C=O) groups is 2. The highest BCUT2D eigenvalue weighted by atomic mass is 32.1. The van der Waals surface area contributed by atoms with Gasteiger partial charge in [-0.25, -0.2) is 9.79 Å². The molecule has 2 rings (SSSR count). The van der Waals surface area contributed by atoms with Gasteiger partial charge in [0, 0.05) is 31.7 Å². The van der Waals surface area contributed by atoms with E-state index in [1.165, 1.54) is 16.2 Å². The number of Topliss-reactive ketones (excluding diaryl/α,β-unsaturated/α-hetero) is 1. The fourth-order valence-electron chi connectivity index (χ4n) is 2.51. The van der Waals surface area contributed by atoms with Gasteiger partial charge in [-0.2, -0.15) is 0 Å². The number of nitrogens with zero attached hydrogens (tertiary/aromatic N) is 3. The van der Waals surface area contributed by atoms with Crippen molar-refractivity contribution in [2.24, 2.45) is 12.0 Å². The monoisotopic (exact) mass is 375 g/mol. The van der Waals surface area contributed by atoms with E-state index in [9.17, 15) is 14.7 Å². The van der Waals surface area contributed by atoms with Crippen LogP contribution in [0.2, 0.25) is 0 Å². The Hall–Kier alpha value is -2.41. The summed E-state index contributed by atoms with van der Waals surface area (Å²) in [5, 5.41) is 9.40. The molecule has 7 heteroatoms. The summed E-state index contributed by atoms with van der Waals surface area (Å²) in [6.45, 7) is 9.40. The molecule has 0 saturated heterocycles. The molecule has 26 heavy (non-hydrogen) atoms. The van der Waals surface area contributed by atoms with Crippen LogP contribution in [-0.2, 0) is 13.6 Å². The van der Waals surface area contributed by atoms with E-state index >= 15 is 0 Å². The maximum absolute atomic E-state index is 11.7. The minimum Gasteiger partial charge on any atom is -0.465 e. The first-order chi connectivity index (χ1) is 12.0. The average molecular weight is 375 g/mol. The molecule has 1 aromatic carbocycles. The van der Waals surface area contributed by atoms with Crippen molar-refractivity contribution in [2.45, 2.75) is 46.7 Å². The van der Waals surface area contributed by atoms with Crippen LogP contribution in [0, 0.1) is 6.92 Å². The van der Waals surface area contributed by atoms with Gasteiger partial charge in [0.2, 0.25) is 0 Å². The normalized spacial score (nSPS) is 12.3. The van der Waals surface area contributed by atoms with E-state index in [0.29, 0.717) is 11.4 Å². The van der Waals surface area contributed by atoms with Gasteiger partial charge in [0.1, 0.15) is 0 Å². The molecule has 0 bridgehead atoms. The lowest BCUT2D eigenvalue weighted by Crippen LogP contribution is -2.44. The quantitative estimate of drug-likeness (QED) is 0.817. The van der Waals surface area contributed by atoms with Crippen molar-refractivity contribution >= 4 is 28.9 Å². The molecule has 0 saturated carbocycles. The average Bonchev–Trinajstić information content (AvgIpc) is 2.81. The number of hydrogen-bond acceptors (Lipinski definition) is 4. The predicted molar refractivity (Wildman–Crippen MR) is 103 cm³/mol. The van der Waals surface area contributed by atoms with Gasteiger partial charge in [-0.05, 0) is 45.4 Å². The van der Waals surface area contributed by atoms with Gasteiger partial charge < -0.3 is 9.67 Å². The standard InChI is InChI=1S/C19H25N3O3S/c1-12-16(13(2)23)26-17(21(12)6)20-15-9-7-14(8-10-15)11-22(18(24)25)19(3,4)5/h7-10H,11H2,1-6H3,(H,24,25). The van der Waals surface area contributed by atoms with Crippen LogP contribution in [-0.4, -0.2) is 32.0 Å². The van der Waals surface area contributed by atoms with Crippen molar-refractivity contribution in [2.75, 3.05) is 0 Å². The minimum atomic E-state index is -0.941. The molecule has 0 spiro atoms. The molecule has 6 nitrogen and oxygen atoms in total. The van der Waals surface area contributed by atoms with E-state index in [2.05, 4.69) is 4.99 Å². The number of carbonyl (C=O) groups excluding carboxylic acids is 1. The predicted octanol–water partition coefficient (Wildman–Crippen LogP) is 4.11. The molecule has 1 amide bonds. The van der Waals surface area contributed by atoms with Crippen LogP contribution >= 0.6 is 11.3 Å². The van der Waals surface area contributed by atoms with Gasteiger partial charge in [-0.15, -0.1) is 0 Å². The third-order valence-electron chi connectivity index (χ3n) is 4.17. The largest absolute Gasteiger partial charge is 0.465 e. The second kappa shape index (κ2) is 7.45. The summed E-state index contributed by atoms with van der Waals surface area (Å²) in [7, 11) is 1.89. The molecule has 0 fully saturated rings. The summed E-state index contributed by atoms with van der Waals surface area (Å²) in [6, 6.07) is 7.49. The van der Waals surface area contributed by atoms with Crippen LogP contribution in [0.5, 0.6) is 0 Å². The van der Waals surface area contributed by atoms with Crippen LogP contribution in [0.15, 0.2) is 29.3 Å². The van der Waals surface area contributed by atoms with E-state index in [-0.39, 0.29) is 5.78 Å². The Kier molecular flexibility index (Phi) is 5.71. The van der Waals surface area contributed by atoms with Crippen LogP contribution in [0.1, 0.15) is 48.6 Å². The number of benzene rings is 1. The highest BCUT2D eigenvalue weighted by Crippen LogP contribution is 2.20. The number of carboxylic acid groups (broad SMARTS) is 1. The summed E-state index contributed by atoms with van der Waals surface area (Å²) in [5.41, 5.74) is 2.09. The first-order valence-electron chi connectivity index (χ1n) is 8.32. The summed E-state index contributed by atoms with van der Waals surface area (Å²) in [4.78, 5) is 30.6. The molecule has 1 heterocycles. The van der Waals surface area contributed by atoms with Crippen molar-refractivity contribution in [3.63, 3.8) is 0 Å². The maximum Gasteiger partial charge on any atom is 0.408 e. The van der Waals surface area contributed by atoms with Crippen LogP contribution in [0.4, 0.5) is 10.5 Å². The SMILES string of the molecule is CC(=O)c1sc(=Nc2ccc(CN(C(=O)O)C(C)(C)C)cc2)n(C)c1C. The summed E-state index contributed by atoms with van der Waals surface area (Å²) in [6.07, 6.45) is -0.941. The number of thiazole rings is 1. The first-order valence-corrected chi connectivity index (χ1v) is 9.14. The maximum atomic E-state index is 11.7. The molecule has 0 aliphatic carbocycles. The molecule has 0 radical (unpaired) electrons. The van der Waals surface area contributed by atoms with Crippen molar-refractivity contribution in [3.8, 4) is 0 Å². The summed E-state index contributed by atoms with van der Waals surface area (Å²) in [5.74, 6) is 0.0378. The molecule has 0 aliphatic heterocycles. The molecule has 1 aromatic heterocycles. The van der Waals surface area contributed by atoms with Crippen LogP contribution in [0.3, 0.4) is 0 Å². The molecule has 1 N–H and O–H groups in total. The number of aromatic nitrogens is 1. The van der Waals surface area contributed by atoms with E-state index in [0.717, 1.165) is 21.7 Å². The van der Waals surface area contributed by atoms with E-state index in [4.69, 9.17) is 0 Å². The number of hydrogen-bond donors (Lipinski definition) is 1. The Labute approximate surface area is 157 Å². The van der Waals surface area contributed by atoms with Gasteiger partial charge >= 0.3 is 6.09 Å². The number of rotatable bonds is 4. The Morgan fingerprint density at radius 3 is 2.23 bits per heavy atom. The second-order valence-electron chi connectivity index (χ2n) is 7.23. The molecule has 140 valence electrons. The van der Waals surface area contributed by atoms with Gasteiger partial charge in [0.05, 0.1) is 10.6 Å². The van der Waals surface area contributed by atoms with Crippen LogP contribution < -0.4 is 4.80 Å². The van der Waals surface area contributed by atoms with E-state index < -0.39 is 11.6 Å². The molecular formula is C19H25N3O3S.